The van der Waals surface area contributed by atoms with Gasteiger partial charge < -0.3 is 0 Å². The molecule has 20 heavy (non-hydrogen) atoms. The van der Waals surface area contributed by atoms with E-state index in [0.29, 0.717) is 12.8 Å². The minimum absolute atomic E-state index is 0.0416. The number of hydrogen-bond acceptors (Lipinski definition) is 2. The molecule has 0 amide bonds. The molecule has 0 N–H and O–H groups in total. The van der Waals surface area contributed by atoms with Crippen LogP contribution < -0.4 is 0 Å². The Bertz CT molecular complexity index is 264. The summed E-state index contributed by atoms with van der Waals surface area (Å²) < 4.78 is 0. The first kappa shape index (κ1) is 19.1. The number of allylic oxidation sites excluding steroid dienone is 1. The Kier molecular flexibility index (Phi) is 12.5. The third-order valence-corrected chi connectivity index (χ3v) is 3.69. The molecule has 0 aliphatic rings. The van der Waals surface area contributed by atoms with Gasteiger partial charge >= 0.3 is 0 Å². The lowest BCUT2D eigenvalue weighted by Crippen LogP contribution is -2.11. The van der Waals surface area contributed by atoms with Crippen molar-refractivity contribution in [2.24, 2.45) is 0 Å². The van der Waals surface area contributed by atoms with E-state index in [-0.39, 0.29) is 17.1 Å². The van der Waals surface area contributed by atoms with Gasteiger partial charge in [-0.2, -0.15) is 0 Å². The van der Waals surface area contributed by atoms with E-state index in [1.54, 1.807) is 0 Å². The van der Waals surface area contributed by atoms with E-state index < -0.39 is 0 Å². The van der Waals surface area contributed by atoms with Gasteiger partial charge in [0.25, 0.3) is 0 Å². The first-order valence-corrected chi connectivity index (χ1v) is 8.38. The van der Waals surface area contributed by atoms with Gasteiger partial charge in [0.2, 0.25) is 0 Å². The second-order valence-electron chi connectivity index (χ2n) is 5.65. The fourth-order valence-corrected chi connectivity index (χ4v) is 2.24. The van der Waals surface area contributed by atoms with E-state index >= 15 is 0 Å². The summed E-state index contributed by atoms with van der Waals surface area (Å²) in [5.41, 5.74) is 0.232. The highest BCUT2D eigenvalue weighted by Crippen LogP contribution is 2.12. The predicted octanol–water partition coefficient (Wildman–Crippen LogP) is 5.40. The zero-order valence-corrected chi connectivity index (χ0v) is 13.5. The van der Waals surface area contributed by atoms with Crippen molar-refractivity contribution in [3.63, 3.8) is 0 Å². The number of ketones is 2. The Hall–Kier alpha value is -0.920. The Balaban J connectivity index is 3.70. The van der Waals surface area contributed by atoms with Crippen LogP contribution in [0.1, 0.15) is 90.9 Å². The lowest BCUT2D eigenvalue weighted by atomic mass is 9.98. The molecule has 0 rings (SSSR count). The molecule has 0 radical (unpaired) electrons. The van der Waals surface area contributed by atoms with Crippen molar-refractivity contribution in [3.8, 4) is 0 Å². The van der Waals surface area contributed by atoms with Crippen molar-refractivity contribution in [2.75, 3.05) is 0 Å². The number of rotatable bonds is 14. The molecule has 0 atom stereocenters. The van der Waals surface area contributed by atoms with Crippen LogP contribution in [0, 0.1) is 0 Å². The molecule has 0 aromatic heterocycles. The first-order chi connectivity index (χ1) is 9.63. The Morgan fingerprint density at radius 2 is 1.00 bits per heavy atom. The van der Waals surface area contributed by atoms with E-state index in [1.807, 2.05) is 0 Å². The predicted molar refractivity (Wildman–Crippen MR) is 85.9 cm³/mol. The molecule has 2 nitrogen and oxygen atoms in total. The van der Waals surface area contributed by atoms with Gasteiger partial charge in [0, 0.05) is 12.8 Å². The zero-order chi connectivity index (χ0) is 15.2. The number of Topliss-reactive ketones (excluding diaryl/α,β-unsaturated/α-hetero) is 2. The Morgan fingerprint density at radius 3 is 1.35 bits per heavy atom. The summed E-state index contributed by atoms with van der Waals surface area (Å²) >= 11 is 0. The van der Waals surface area contributed by atoms with Crippen LogP contribution in [0.25, 0.3) is 0 Å². The molecule has 2 heteroatoms. The average Bonchev–Trinajstić information content (AvgIpc) is 2.45. The minimum Gasteiger partial charge on any atom is -0.294 e. The maximum Gasteiger partial charge on any atom is 0.165 e. The fourth-order valence-electron chi connectivity index (χ4n) is 2.24. The molecule has 0 aromatic rings. The molecular weight excluding hydrogens is 248 g/mol. The van der Waals surface area contributed by atoms with Crippen LogP contribution in [0.2, 0.25) is 0 Å². The normalized spacial score (nSPS) is 10.5. The van der Waals surface area contributed by atoms with Crippen molar-refractivity contribution < 1.29 is 9.59 Å². The fraction of sp³-hybridized carbons (Fsp3) is 0.778. The van der Waals surface area contributed by atoms with Crippen LogP contribution in [0.3, 0.4) is 0 Å². The first-order valence-electron chi connectivity index (χ1n) is 8.38. The summed E-state index contributed by atoms with van der Waals surface area (Å²) in [5.74, 6) is -0.0832. The van der Waals surface area contributed by atoms with Gasteiger partial charge in [-0.3, -0.25) is 9.59 Å². The maximum atomic E-state index is 11.8. The van der Waals surface area contributed by atoms with Gasteiger partial charge in [-0.15, -0.1) is 0 Å². The van der Waals surface area contributed by atoms with Crippen LogP contribution in [0.15, 0.2) is 12.2 Å². The van der Waals surface area contributed by atoms with Crippen molar-refractivity contribution in [1.29, 1.82) is 0 Å². The number of carbonyl (C=O) groups excluding carboxylic acids is 2. The molecule has 0 spiro atoms. The molecule has 0 aliphatic heterocycles. The van der Waals surface area contributed by atoms with Crippen LogP contribution >= 0.6 is 0 Å². The zero-order valence-electron chi connectivity index (χ0n) is 13.5. The molecule has 0 unspecified atom stereocenters. The van der Waals surface area contributed by atoms with Gasteiger partial charge in [-0.1, -0.05) is 71.8 Å². The van der Waals surface area contributed by atoms with Crippen LogP contribution in [0.5, 0.6) is 0 Å². The van der Waals surface area contributed by atoms with Crippen molar-refractivity contribution in [3.05, 3.63) is 12.2 Å². The Labute approximate surface area is 125 Å². The van der Waals surface area contributed by atoms with E-state index in [9.17, 15) is 9.59 Å². The number of hydrogen-bond donors (Lipinski definition) is 0. The standard InChI is InChI=1S/C18H32O2/c1-4-6-8-10-12-14-17(19)16(3)18(20)15-13-11-9-7-5-2/h3-15H2,1-2H3. The smallest absolute Gasteiger partial charge is 0.165 e. The van der Waals surface area contributed by atoms with Crippen LogP contribution in [-0.2, 0) is 9.59 Å². The summed E-state index contributed by atoms with van der Waals surface area (Å²) in [6, 6.07) is 0. The molecule has 0 bridgehead atoms. The second-order valence-corrected chi connectivity index (χ2v) is 5.65. The third-order valence-electron chi connectivity index (χ3n) is 3.69. The van der Waals surface area contributed by atoms with Gasteiger partial charge in [-0.25, -0.2) is 0 Å². The Morgan fingerprint density at radius 1 is 0.650 bits per heavy atom. The van der Waals surface area contributed by atoms with E-state index in [0.717, 1.165) is 25.7 Å². The van der Waals surface area contributed by atoms with Crippen LogP contribution in [-0.4, -0.2) is 11.6 Å². The van der Waals surface area contributed by atoms with E-state index in [1.165, 1.54) is 38.5 Å². The highest BCUT2D eigenvalue weighted by atomic mass is 16.1. The number of carbonyl (C=O) groups is 2. The maximum absolute atomic E-state index is 11.8. The van der Waals surface area contributed by atoms with E-state index in [2.05, 4.69) is 20.4 Å². The third kappa shape index (κ3) is 9.94. The van der Waals surface area contributed by atoms with Gasteiger partial charge in [0.1, 0.15) is 0 Å². The summed E-state index contributed by atoms with van der Waals surface area (Å²) in [5, 5.41) is 0. The minimum atomic E-state index is -0.0416. The van der Waals surface area contributed by atoms with E-state index in [4.69, 9.17) is 0 Å². The molecule has 0 saturated carbocycles. The second kappa shape index (κ2) is 13.1. The quantitative estimate of drug-likeness (QED) is 0.185. The molecule has 0 aromatic carbocycles. The molecular formula is C18H32O2. The number of unbranched alkanes of at least 4 members (excludes halogenated alkanes) is 8. The summed E-state index contributed by atoms with van der Waals surface area (Å²) in [6.45, 7) is 8.03. The summed E-state index contributed by atoms with van der Waals surface area (Å²) in [4.78, 5) is 23.7. The van der Waals surface area contributed by atoms with Crippen molar-refractivity contribution >= 4 is 11.6 Å². The molecule has 116 valence electrons. The molecule has 0 saturated heterocycles. The highest BCUT2D eigenvalue weighted by Gasteiger charge is 2.14. The highest BCUT2D eigenvalue weighted by molar-refractivity contribution is 6.19. The summed E-state index contributed by atoms with van der Waals surface area (Å²) in [6.07, 6.45) is 12.2. The molecule has 0 aliphatic carbocycles. The van der Waals surface area contributed by atoms with Gasteiger partial charge in [0.15, 0.2) is 11.6 Å². The topological polar surface area (TPSA) is 34.1 Å². The lowest BCUT2D eigenvalue weighted by Gasteiger charge is -2.04. The lowest BCUT2D eigenvalue weighted by molar-refractivity contribution is -0.121. The van der Waals surface area contributed by atoms with Crippen molar-refractivity contribution in [1.82, 2.24) is 0 Å². The van der Waals surface area contributed by atoms with Crippen LogP contribution in [0.4, 0.5) is 0 Å². The molecule has 0 heterocycles. The average molecular weight is 280 g/mol. The van der Waals surface area contributed by atoms with Gasteiger partial charge in [0.05, 0.1) is 5.57 Å². The monoisotopic (exact) mass is 280 g/mol. The SMILES string of the molecule is C=C(C(=O)CCCCCCC)C(=O)CCCCCCC. The largest absolute Gasteiger partial charge is 0.294 e. The van der Waals surface area contributed by atoms with Crippen molar-refractivity contribution in [2.45, 2.75) is 90.9 Å². The summed E-state index contributed by atoms with van der Waals surface area (Å²) in [7, 11) is 0. The van der Waals surface area contributed by atoms with Gasteiger partial charge in [-0.05, 0) is 12.8 Å². The molecule has 0 fully saturated rings.